The summed E-state index contributed by atoms with van der Waals surface area (Å²) in [5.41, 5.74) is 1.64. The van der Waals surface area contributed by atoms with E-state index in [4.69, 9.17) is 0 Å². The lowest BCUT2D eigenvalue weighted by Gasteiger charge is -1.98. The van der Waals surface area contributed by atoms with E-state index < -0.39 is 4.92 Å². The summed E-state index contributed by atoms with van der Waals surface area (Å²) in [5, 5.41) is 16.7. The molecule has 0 radical (unpaired) electrons. The van der Waals surface area contributed by atoms with E-state index in [1.165, 1.54) is 29.8 Å². The monoisotopic (exact) mass is 246 g/mol. The van der Waals surface area contributed by atoms with E-state index >= 15 is 0 Å². The molecule has 0 aliphatic heterocycles. The molecule has 0 bridgehead atoms. The highest BCUT2D eigenvalue weighted by Crippen LogP contribution is 2.26. The number of nitrogens with zero attached hydrogens (tertiary/aromatic N) is 4. The smallest absolute Gasteiger partial charge is 0.258 e. The second-order valence-corrected chi connectivity index (χ2v) is 4.22. The largest absolute Gasteiger partial charge is 0.270 e. The summed E-state index contributed by atoms with van der Waals surface area (Å²) in [5.74, 6) is 0. The summed E-state index contributed by atoms with van der Waals surface area (Å²) in [7, 11) is 0. The van der Waals surface area contributed by atoms with Crippen LogP contribution in [0.5, 0.6) is 0 Å². The Labute approximate surface area is 99.3 Å². The lowest BCUT2D eigenvalue weighted by molar-refractivity contribution is -0.384. The third kappa shape index (κ3) is 1.56. The molecule has 84 valence electrons. The van der Waals surface area contributed by atoms with E-state index in [9.17, 15) is 10.1 Å². The van der Waals surface area contributed by atoms with Crippen molar-refractivity contribution in [3.8, 4) is 11.3 Å². The maximum atomic E-state index is 10.7. The van der Waals surface area contributed by atoms with Crippen LogP contribution in [0.2, 0.25) is 0 Å². The number of aromatic nitrogens is 3. The second-order valence-electron chi connectivity index (χ2n) is 3.38. The van der Waals surface area contributed by atoms with Crippen LogP contribution in [0.25, 0.3) is 16.2 Å². The molecule has 0 N–H and O–H groups in total. The van der Waals surface area contributed by atoms with Crippen molar-refractivity contribution in [2.45, 2.75) is 0 Å². The fourth-order valence-corrected chi connectivity index (χ4v) is 2.41. The first-order valence-electron chi connectivity index (χ1n) is 4.78. The first-order valence-corrected chi connectivity index (χ1v) is 5.66. The predicted octanol–water partition coefficient (Wildman–Crippen LogP) is 2.37. The summed E-state index contributed by atoms with van der Waals surface area (Å²) in [6, 6.07) is 6.47. The number of benzene rings is 1. The van der Waals surface area contributed by atoms with E-state index in [0.717, 1.165) is 16.2 Å². The summed E-state index contributed by atoms with van der Waals surface area (Å²) >= 11 is 1.45. The van der Waals surface area contributed by atoms with Crippen LogP contribution in [0.1, 0.15) is 0 Å². The minimum Gasteiger partial charge on any atom is -0.258 e. The highest BCUT2D eigenvalue weighted by atomic mass is 32.1. The molecule has 1 aromatic carbocycles. The van der Waals surface area contributed by atoms with Crippen LogP contribution in [0, 0.1) is 10.1 Å². The summed E-state index contributed by atoms with van der Waals surface area (Å²) < 4.78 is 1.67. The lowest BCUT2D eigenvalue weighted by Crippen LogP contribution is -1.90. The standard InChI is InChI=1S/C10H6N4O2S/c15-14(16)8-3-1-2-7(4-8)9-5-17-10-11-6-12-13(9)10/h1-6H. The molecule has 0 aliphatic carbocycles. The van der Waals surface area contributed by atoms with E-state index in [1.807, 2.05) is 11.4 Å². The zero-order chi connectivity index (χ0) is 11.8. The molecule has 7 heteroatoms. The summed E-state index contributed by atoms with van der Waals surface area (Å²) in [4.78, 5) is 15.1. The number of fused-ring (bicyclic) bond motifs is 1. The molecule has 0 fully saturated rings. The van der Waals surface area contributed by atoms with E-state index in [-0.39, 0.29) is 5.69 Å². The average Bonchev–Trinajstić information content (AvgIpc) is 2.90. The molecule has 0 unspecified atom stereocenters. The maximum absolute atomic E-state index is 10.7. The Kier molecular flexibility index (Phi) is 2.12. The predicted molar refractivity (Wildman–Crippen MR) is 63.0 cm³/mol. The number of thiazole rings is 1. The Morgan fingerprint density at radius 2 is 2.29 bits per heavy atom. The number of nitro groups is 1. The van der Waals surface area contributed by atoms with Crippen molar-refractivity contribution < 1.29 is 4.92 Å². The first-order chi connectivity index (χ1) is 8.25. The van der Waals surface area contributed by atoms with Gasteiger partial charge in [0.1, 0.15) is 6.33 Å². The normalized spacial score (nSPS) is 10.8. The van der Waals surface area contributed by atoms with Gasteiger partial charge in [-0.2, -0.15) is 5.10 Å². The molecule has 3 aromatic rings. The third-order valence-electron chi connectivity index (χ3n) is 2.37. The second kappa shape index (κ2) is 3.63. The number of hydrogen-bond donors (Lipinski definition) is 0. The van der Waals surface area contributed by atoms with Crippen molar-refractivity contribution in [3.05, 3.63) is 46.1 Å². The molecule has 0 aliphatic rings. The average molecular weight is 246 g/mol. The Morgan fingerprint density at radius 1 is 1.41 bits per heavy atom. The van der Waals surface area contributed by atoms with Crippen molar-refractivity contribution in [3.63, 3.8) is 0 Å². The number of hydrogen-bond acceptors (Lipinski definition) is 5. The van der Waals surface area contributed by atoms with Gasteiger partial charge in [-0.1, -0.05) is 12.1 Å². The van der Waals surface area contributed by atoms with Crippen LogP contribution in [0.4, 0.5) is 5.69 Å². The lowest BCUT2D eigenvalue weighted by atomic mass is 10.1. The SMILES string of the molecule is O=[N+]([O-])c1cccc(-c2csc3ncnn23)c1. The fourth-order valence-electron chi connectivity index (χ4n) is 1.60. The molecule has 0 atom stereocenters. The molecule has 0 amide bonds. The van der Waals surface area contributed by atoms with Gasteiger partial charge in [0, 0.05) is 23.1 Å². The molecular weight excluding hydrogens is 240 g/mol. The van der Waals surface area contributed by atoms with Crippen molar-refractivity contribution in [2.75, 3.05) is 0 Å². The Balaban J connectivity index is 2.19. The van der Waals surface area contributed by atoms with Crippen molar-refractivity contribution in [2.24, 2.45) is 0 Å². The molecule has 0 saturated heterocycles. The molecular formula is C10H6N4O2S. The quantitative estimate of drug-likeness (QED) is 0.514. The Bertz CT molecular complexity index is 703. The molecule has 2 aromatic heterocycles. The van der Waals surface area contributed by atoms with E-state index in [0.29, 0.717) is 0 Å². The van der Waals surface area contributed by atoms with Crippen molar-refractivity contribution in [1.29, 1.82) is 0 Å². The van der Waals surface area contributed by atoms with Crippen molar-refractivity contribution in [1.82, 2.24) is 14.6 Å². The molecule has 0 spiro atoms. The number of nitro benzene ring substituents is 1. The zero-order valence-electron chi connectivity index (χ0n) is 8.48. The zero-order valence-corrected chi connectivity index (χ0v) is 9.29. The first kappa shape index (κ1) is 9.91. The fraction of sp³-hybridized carbons (Fsp3) is 0. The van der Waals surface area contributed by atoms with Gasteiger partial charge in [0.2, 0.25) is 4.96 Å². The van der Waals surface area contributed by atoms with Gasteiger partial charge in [-0.15, -0.1) is 11.3 Å². The highest BCUT2D eigenvalue weighted by Gasteiger charge is 2.11. The summed E-state index contributed by atoms with van der Waals surface area (Å²) in [6.45, 7) is 0. The topological polar surface area (TPSA) is 73.3 Å². The van der Waals surface area contributed by atoms with Crippen LogP contribution in [-0.4, -0.2) is 19.5 Å². The van der Waals surface area contributed by atoms with Gasteiger partial charge in [0.15, 0.2) is 0 Å². The van der Waals surface area contributed by atoms with Gasteiger partial charge < -0.3 is 0 Å². The molecule has 17 heavy (non-hydrogen) atoms. The minimum absolute atomic E-state index is 0.0713. The molecule has 2 heterocycles. The molecule has 3 rings (SSSR count). The van der Waals surface area contributed by atoms with Crippen LogP contribution in [0.3, 0.4) is 0 Å². The Hall–Kier alpha value is -2.28. The molecule has 0 saturated carbocycles. The van der Waals surface area contributed by atoms with Crippen LogP contribution in [-0.2, 0) is 0 Å². The van der Waals surface area contributed by atoms with Crippen molar-refractivity contribution >= 4 is 22.0 Å². The number of non-ortho nitro benzene ring substituents is 1. The van der Waals surface area contributed by atoms with E-state index in [2.05, 4.69) is 10.1 Å². The molecule has 6 nitrogen and oxygen atoms in total. The van der Waals surface area contributed by atoms with Gasteiger partial charge >= 0.3 is 0 Å². The highest BCUT2D eigenvalue weighted by molar-refractivity contribution is 7.15. The Morgan fingerprint density at radius 3 is 3.12 bits per heavy atom. The maximum Gasteiger partial charge on any atom is 0.270 e. The van der Waals surface area contributed by atoms with Gasteiger partial charge in [0.05, 0.1) is 10.6 Å². The van der Waals surface area contributed by atoms with Crippen LogP contribution in [0.15, 0.2) is 36.0 Å². The minimum atomic E-state index is -0.408. The third-order valence-corrected chi connectivity index (χ3v) is 3.20. The van der Waals surface area contributed by atoms with Crippen LogP contribution < -0.4 is 0 Å². The van der Waals surface area contributed by atoms with Gasteiger partial charge in [-0.3, -0.25) is 10.1 Å². The van der Waals surface area contributed by atoms with Crippen LogP contribution >= 0.6 is 11.3 Å². The van der Waals surface area contributed by atoms with E-state index in [1.54, 1.807) is 10.6 Å². The van der Waals surface area contributed by atoms with Gasteiger partial charge in [0.25, 0.3) is 5.69 Å². The van der Waals surface area contributed by atoms with Gasteiger partial charge in [-0.05, 0) is 0 Å². The van der Waals surface area contributed by atoms with Gasteiger partial charge in [-0.25, -0.2) is 9.50 Å². The summed E-state index contributed by atoms with van der Waals surface area (Å²) in [6.07, 6.45) is 1.46. The number of rotatable bonds is 2.